The largest absolute Gasteiger partial charge is 0.393 e. The topological polar surface area (TPSA) is 32.3 Å². The molecule has 18 heavy (non-hydrogen) atoms. The lowest BCUT2D eigenvalue weighted by Crippen LogP contribution is -2.48. The number of hydrogen-bond acceptors (Lipinski definition) is 2. The minimum Gasteiger partial charge on any atom is -0.393 e. The molecule has 2 aliphatic rings. The number of aliphatic hydroxyl groups is 1. The van der Waals surface area contributed by atoms with Crippen molar-refractivity contribution in [2.75, 3.05) is 6.54 Å². The van der Waals surface area contributed by atoms with Crippen LogP contribution in [0.15, 0.2) is 0 Å². The molecule has 0 radical (unpaired) electrons. The lowest BCUT2D eigenvalue weighted by atomic mass is 9.64. The van der Waals surface area contributed by atoms with E-state index in [0.29, 0.717) is 17.4 Å². The lowest BCUT2D eigenvalue weighted by molar-refractivity contribution is -0.00656. The maximum atomic E-state index is 10.3. The van der Waals surface area contributed by atoms with Crippen LogP contribution in [0.2, 0.25) is 0 Å². The highest BCUT2D eigenvalue weighted by atomic mass is 16.3. The molecule has 2 nitrogen and oxygen atoms in total. The average Bonchev–Trinajstić information content (AvgIpc) is 2.40. The summed E-state index contributed by atoms with van der Waals surface area (Å²) in [6.45, 7) is 8.26. The Hall–Kier alpha value is -0.0800. The van der Waals surface area contributed by atoms with Crippen molar-refractivity contribution in [1.29, 1.82) is 0 Å². The highest BCUT2D eigenvalue weighted by Crippen LogP contribution is 2.44. The molecule has 0 aromatic rings. The van der Waals surface area contributed by atoms with Crippen LogP contribution in [0.1, 0.15) is 65.7 Å². The van der Waals surface area contributed by atoms with E-state index >= 15 is 0 Å². The summed E-state index contributed by atoms with van der Waals surface area (Å²) < 4.78 is 0. The zero-order chi connectivity index (χ0) is 13.2. The Morgan fingerprint density at radius 3 is 2.56 bits per heavy atom. The first-order valence-corrected chi connectivity index (χ1v) is 7.96. The van der Waals surface area contributed by atoms with Crippen molar-refractivity contribution in [3.05, 3.63) is 0 Å². The predicted octanol–water partition coefficient (Wildman–Crippen LogP) is 3.34. The van der Waals surface area contributed by atoms with Gasteiger partial charge in [-0.2, -0.15) is 0 Å². The van der Waals surface area contributed by atoms with Crippen LogP contribution in [-0.4, -0.2) is 23.8 Å². The van der Waals surface area contributed by atoms with Crippen LogP contribution >= 0.6 is 0 Å². The third-order valence-corrected chi connectivity index (χ3v) is 5.74. The van der Waals surface area contributed by atoms with Crippen LogP contribution in [0.3, 0.4) is 0 Å². The molecule has 1 aliphatic carbocycles. The van der Waals surface area contributed by atoms with E-state index < -0.39 is 0 Å². The molecule has 1 heterocycles. The van der Waals surface area contributed by atoms with Gasteiger partial charge in [0.2, 0.25) is 0 Å². The van der Waals surface area contributed by atoms with Crippen molar-refractivity contribution in [1.82, 2.24) is 5.32 Å². The number of piperidine rings is 1. The van der Waals surface area contributed by atoms with E-state index in [4.69, 9.17) is 0 Å². The average molecular weight is 253 g/mol. The van der Waals surface area contributed by atoms with E-state index in [0.717, 1.165) is 18.9 Å². The Kier molecular flexibility index (Phi) is 4.71. The molecule has 1 saturated heterocycles. The van der Waals surface area contributed by atoms with Gasteiger partial charge in [-0.25, -0.2) is 0 Å². The SMILES string of the molecule is CCC(C)(C)C1CCC(O)C(C2CCCCN2)C1. The number of rotatable bonds is 3. The third kappa shape index (κ3) is 3.08. The van der Waals surface area contributed by atoms with Gasteiger partial charge in [0.1, 0.15) is 0 Å². The van der Waals surface area contributed by atoms with Gasteiger partial charge in [-0.1, -0.05) is 33.6 Å². The zero-order valence-electron chi connectivity index (χ0n) is 12.4. The monoisotopic (exact) mass is 253 g/mol. The second kappa shape index (κ2) is 5.92. The Balaban J connectivity index is 2.00. The van der Waals surface area contributed by atoms with E-state index in [1.165, 1.54) is 38.5 Å². The number of nitrogens with one attached hydrogen (secondary N) is 1. The predicted molar refractivity (Wildman–Crippen MR) is 76.6 cm³/mol. The minimum absolute atomic E-state index is 0.0653. The Labute approximate surface area is 113 Å². The van der Waals surface area contributed by atoms with Gasteiger partial charge >= 0.3 is 0 Å². The summed E-state index contributed by atoms with van der Waals surface area (Å²) in [5.74, 6) is 1.29. The van der Waals surface area contributed by atoms with Crippen molar-refractivity contribution in [2.45, 2.75) is 77.9 Å². The summed E-state index contributed by atoms with van der Waals surface area (Å²) in [5.41, 5.74) is 0.438. The maximum absolute atomic E-state index is 10.3. The Morgan fingerprint density at radius 1 is 1.17 bits per heavy atom. The molecule has 106 valence electrons. The van der Waals surface area contributed by atoms with Gasteiger partial charge in [-0.05, 0) is 50.0 Å². The molecular formula is C16H31NO. The molecule has 2 fully saturated rings. The fourth-order valence-electron chi connectivity index (χ4n) is 3.86. The molecule has 4 unspecified atom stereocenters. The molecule has 1 aliphatic heterocycles. The van der Waals surface area contributed by atoms with Gasteiger partial charge in [-0.3, -0.25) is 0 Å². The summed E-state index contributed by atoms with van der Waals surface area (Å²) in [7, 11) is 0. The Bertz CT molecular complexity index is 258. The summed E-state index contributed by atoms with van der Waals surface area (Å²) >= 11 is 0. The first-order valence-electron chi connectivity index (χ1n) is 7.96. The standard InChI is InChI=1S/C16H31NO/c1-4-16(2,3)12-8-9-15(18)13(11-12)14-7-5-6-10-17-14/h12-15,17-18H,4-11H2,1-3H3. The second-order valence-corrected chi connectivity index (χ2v) is 7.14. The van der Waals surface area contributed by atoms with Gasteiger partial charge in [0.25, 0.3) is 0 Å². The fraction of sp³-hybridized carbons (Fsp3) is 1.00. The fourth-order valence-corrected chi connectivity index (χ4v) is 3.86. The molecule has 0 bridgehead atoms. The van der Waals surface area contributed by atoms with Crippen LogP contribution in [0.5, 0.6) is 0 Å². The van der Waals surface area contributed by atoms with Crippen LogP contribution in [0.4, 0.5) is 0 Å². The zero-order valence-corrected chi connectivity index (χ0v) is 12.4. The quantitative estimate of drug-likeness (QED) is 0.808. The molecule has 0 amide bonds. The number of hydrogen-bond donors (Lipinski definition) is 2. The Morgan fingerprint density at radius 2 is 1.94 bits per heavy atom. The van der Waals surface area contributed by atoms with Gasteiger partial charge in [0, 0.05) is 12.0 Å². The molecule has 0 aromatic heterocycles. The second-order valence-electron chi connectivity index (χ2n) is 7.14. The van der Waals surface area contributed by atoms with Gasteiger partial charge in [-0.15, -0.1) is 0 Å². The van der Waals surface area contributed by atoms with E-state index in [1.54, 1.807) is 0 Å². The summed E-state index contributed by atoms with van der Waals surface area (Å²) in [5, 5.41) is 14.0. The van der Waals surface area contributed by atoms with Crippen molar-refractivity contribution < 1.29 is 5.11 Å². The van der Waals surface area contributed by atoms with Gasteiger partial charge in [0.05, 0.1) is 6.10 Å². The highest BCUT2D eigenvalue weighted by Gasteiger charge is 2.39. The first-order chi connectivity index (χ1) is 8.54. The van der Waals surface area contributed by atoms with E-state index in [1.807, 2.05) is 0 Å². The van der Waals surface area contributed by atoms with Crippen LogP contribution < -0.4 is 5.32 Å². The molecular weight excluding hydrogens is 222 g/mol. The van der Waals surface area contributed by atoms with Crippen molar-refractivity contribution in [2.24, 2.45) is 17.3 Å². The molecule has 4 atom stereocenters. The molecule has 0 aromatic carbocycles. The van der Waals surface area contributed by atoms with Gasteiger partial charge < -0.3 is 10.4 Å². The first kappa shape index (κ1) is 14.3. The molecule has 1 saturated carbocycles. The molecule has 0 spiro atoms. The van der Waals surface area contributed by atoms with Crippen LogP contribution in [-0.2, 0) is 0 Å². The van der Waals surface area contributed by atoms with E-state index in [-0.39, 0.29) is 6.10 Å². The van der Waals surface area contributed by atoms with E-state index in [9.17, 15) is 5.11 Å². The third-order valence-electron chi connectivity index (χ3n) is 5.74. The van der Waals surface area contributed by atoms with Crippen LogP contribution in [0.25, 0.3) is 0 Å². The van der Waals surface area contributed by atoms with Crippen molar-refractivity contribution in [3.63, 3.8) is 0 Å². The summed E-state index contributed by atoms with van der Waals surface area (Å²) in [6, 6.07) is 0.573. The van der Waals surface area contributed by atoms with Gasteiger partial charge in [0.15, 0.2) is 0 Å². The minimum atomic E-state index is -0.0653. The highest BCUT2D eigenvalue weighted by molar-refractivity contribution is 4.92. The summed E-state index contributed by atoms with van der Waals surface area (Å²) in [6.07, 6.45) is 8.54. The van der Waals surface area contributed by atoms with Crippen molar-refractivity contribution >= 4 is 0 Å². The molecule has 2 rings (SSSR count). The van der Waals surface area contributed by atoms with Crippen LogP contribution in [0, 0.1) is 17.3 Å². The smallest absolute Gasteiger partial charge is 0.0583 e. The van der Waals surface area contributed by atoms with E-state index in [2.05, 4.69) is 26.1 Å². The maximum Gasteiger partial charge on any atom is 0.0583 e. The van der Waals surface area contributed by atoms with Crippen molar-refractivity contribution in [3.8, 4) is 0 Å². The normalized spacial score (nSPS) is 38.7. The number of aliphatic hydroxyl groups excluding tert-OH is 1. The lowest BCUT2D eigenvalue weighted by Gasteiger charge is -2.45. The summed E-state index contributed by atoms with van der Waals surface area (Å²) in [4.78, 5) is 0. The molecule has 2 heteroatoms. The molecule has 2 N–H and O–H groups in total.